The van der Waals surface area contributed by atoms with Crippen LogP contribution in [0.5, 0.6) is 5.75 Å². The lowest BCUT2D eigenvalue weighted by Crippen LogP contribution is -2.35. The number of hydrogen-bond acceptors (Lipinski definition) is 4. The van der Waals surface area contributed by atoms with E-state index in [0.29, 0.717) is 11.6 Å². The number of carbonyl (C=O) groups is 1. The Bertz CT molecular complexity index is 969. The van der Waals surface area contributed by atoms with Gasteiger partial charge in [0.05, 0.1) is 12.8 Å². The van der Waals surface area contributed by atoms with Crippen LogP contribution < -0.4 is 10.1 Å². The van der Waals surface area contributed by atoms with Crippen LogP contribution in [0.1, 0.15) is 59.3 Å². The molecular weight excluding hydrogens is 386 g/mol. The van der Waals surface area contributed by atoms with E-state index in [1.54, 1.807) is 12.3 Å². The van der Waals surface area contributed by atoms with Crippen molar-refractivity contribution in [3.8, 4) is 5.75 Å². The van der Waals surface area contributed by atoms with Crippen LogP contribution in [0, 0.1) is 11.8 Å². The van der Waals surface area contributed by atoms with Crippen LogP contribution in [-0.2, 0) is 19.4 Å². The van der Waals surface area contributed by atoms with E-state index in [4.69, 9.17) is 4.74 Å². The topological polar surface area (TPSA) is 54.5 Å². The average Bonchev–Trinajstić information content (AvgIpc) is 3.17. The molecule has 162 valence electrons. The van der Waals surface area contributed by atoms with Crippen LogP contribution in [-0.4, -0.2) is 41.0 Å². The summed E-state index contributed by atoms with van der Waals surface area (Å²) in [6, 6.07) is 11.5. The van der Waals surface area contributed by atoms with Crippen molar-refractivity contribution in [2.24, 2.45) is 11.8 Å². The maximum atomic E-state index is 12.7. The Morgan fingerprint density at radius 1 is 1.10 bits per heavy atom. The highest BCUT2D eigenvalue weighted by atomic mass is 16.5. The fourth-order valence-corrected chi connectivity index (χ4v) is 5.68. The summed E-state index contributed by atoms with van der Waals surface area (Å²) in [6.45, 7) is 3.11. The summed E-state index contributed by atoms with van der Waals surface area (Å²) in [5.41, 5.74) is 4.64. The van der Waals surface area contributed by atoms with Crippen LogP contribution in [0.15, 0.2) is 36.5 Å². The first-order valence-corrected chi connectivity index (χ1v) is 11.9. The molecule has 1 N–H and O–H groups in total. The average molecular weight is 418 g/mol. The number of pyridine rings is 1. The first-order chi connectivity index (χ1) is 15.2. The molecule has 4 aliphatic rings. The zero-order valence-electron chi connectivity index (χ0n) is 18.1. The van der Waals surface area contributed by atoms with E-state index in [1.807, 2.05) is 6.07 Å². The monoisotopic (exact) mass is 417 g/mol. The number of fused-ring (bicyclic) bond motifs is 3. The summed E-state index contributed by atoms with van der Waals surface area (Å²) < 4.78 is 5.72. The third kappa shape index (κ3) is 4.20. The number of piperidine rings is 1. The van der Waals surface area contributed by atoms with Crippen molar-refractivity contribution in [1.82, 2.24) is 15.2 Å². The lowest BCUT2D eigenvalue weighted by atomic mass is 10.0. The van der Waals surface area contributed by atoms with E-state index in [1.165, 1.54) is 55.3 Å². The minimum Gasteiger partial charge on any atom is -0.492 e. The highest BCUT2D eigenvalue weighted by Crippen LogP contribution is 2.38. The van der Waals surface area contributed by atoms with Gasteiger partial charge in [-0.15, -0.1) is 0 Å². The molecule has 1 aromatic heterocycles. The number of benzene rings is 1. The van der Waals surface area contributed by atoms with Gasteiger partial charge in [-0.3, -0.25) is 9.69 Å². The molecule has 31 heavy (non-hydrogen) atoms. The maximum absolute atomic E-state index is 12.7. The second kappa shape index (κ2) is 7.94. The molecule has 0 spiro atoms. The number of amides is 1. The van der Waals surface area contributed by atoms with E-state index in [0.717, 1.165) is 43.7 Å². The maximum Gasteiger partial charge on any atom is 0.270 e. The summed E-state index contributed by atoms with van der Waals surface area (Å²) >= 11 is 0. The zero-order chi connectivity index (χ0) is 20.8. The van der Waals surface area contributed by atoms with Gasteiger partial charge in [-0.1, -0.05) is 18.2 Å². The number of ether oxygens (including phenoxy) is 1. The SMILES string of the molecule is O=C(N[C@@H]1Cc2ccc(CN3C[C@@H]4CC[C@H]3C4)cc2C1)c1ccc(OCC2CC2)cn1. The number of likely N-dealkylation sites (tertiary alicyclic amines) is 1. The first kappa shape index (κ1) is 19.3. The Balaban J connectivity index is 1.04. The molecule has 2 aromatic rings. The van der Waals surface area contributed by atoms with Crippen molar-refractivity contribution >= 4 is 5.91 Å². The molecule has 2 saturated carbocycles. The standard InChI is InChI=1S/C26H31N3O2/c30-26(25-8-7-24(13-27-25)31-16-17-1-2-17)28-22-11-20-5-3-18(9-21(20)12-22)14-29-15-19-4-6-23(29)10-19/h3,5,7-9,13,17,19,22-23H,1-2,4,6,10-12,14-16H2,(H,28,30)/t19-,22-,23+/m1/s1. The van der Waals surface area contributed by atoms with Crippen molar-refractivity contribution in [2.45, 2.75) is 63.6 Å². The molecule has 5 heteroatoms. The molecule has 1 aliphatic heterocycles. The summed E-state index contributed by atoms with van der Waals surface area (Å²) in [6.07, 6.45) is 10.2. The van der Waals surface area contributed by atoms with E-state index >= 15 is 0 Å². The Hall–Kier alpha value is -2.40. The molecular formula is C26H31N3O2. The molecule has 2 bridgehead atoms. The molecule has 3 aliphatic carbocycles. The number of carbonyl (C=O) groups excluding carboxylic acids is 1. The van der Waals surface area contributed by atoms with Crippen molar-refractivity contribution in [2.75, 3.05) is 13.2 Å². The molecule has 6 rings (SSSR count). The highest BCUT2D eigenvalue weighted by Gasteiger charge is 2.37. The van der Waals surface area contributed by atoms with Gasteiger partial charge < -0.3 is 10.1 Å². The van der Waals surface area contributed by atoms with Gasteiger partial charge in [0.2, 0.25) is 0 Å². The smallest absolute Gasteiger partial charge is 0.270 e. The molecule has 3 atom stereocenters. The lowest BCUT2D eigenvalue weighted by Gasteiger charge is -2.26. The number of aromatic nitrogens is 1. The van der Waals surface area contributed by atoms with Gasteiger partial charge in [-0.25, -0.2) is 4.98 Å². The van der Waals surface area contributed by atoms with Crippen LogP contribution in [0.3, 0.4) is 0 Å². The van der Waals surface area contributed by atoms with Crippen LogP contribution in [0.4, 0.5) is 0 Å². The minimum absolute atomic E-state index is 0.0973. The van der Waals surface area contributed by atoms with Gasteiger partial charge in [-0.05, 0) is 85.6 Å². The van der Waals surface area contributed by atoms with Crippen LogP contribution in [0.2, 0.25) is 0 Å². The van der Waals surface area contributed by atoms with E-state index < -0.39 is 0 Å². The number of nitrogens with one attached hydrogen (secondary N) is 1. The Morgan fingerprint density at radius 3 is 2.74 bits per heavy atom. The number of hydrogen-bond donors (Lipinski definition) is 1. The zero-order valence-corrected chi connectivity index (χ0v) is 18.1. The second-order valence-corrected chi connectivity index (χ2v) is 10.1. The highest BCUT2D eigenvalue weighted by molar-refractivity contribution is 5.92. The van der Waals surface area contributed by atoms with Gasteiger partial charge >= 0.3 is 0 Å². The van der Waals surface area contributed by atoms with Gasteiger partial charge in [0.1, 0.15) is 11.4 Å². The molecule has 0 unspecified atom stereocenters. The molecule has 0 radical (unpaired) electrons. The second-order valence-electron chi connectivity index (χ2n) is 10.1. The van der Waals surface area contributed by atoms with Crippen molar-refractivity contribution in [3.05, 3.63) is 58.9 Å². The molecule has 1 amide bonds. The number of rotatable bonds is 7. The van der Waals surface area contributed by atoms with E-state index in [9.17, 15) is 4.79 Å². The molecule has 2 heterocycles. The summed E-state index contributed by atoms with van der Waals surface area (Å²) in [5.74, 6) is 2.29. The van der Waals surface area contributed by atoms with Crippen LogP contribution >= 0.6 is 0 Å². The molecule has 3 fully saturated rings. The fraction of sp³-hybridized carbons (Fsp3) is 0.538. The third-order valence-electron chi connectivity index (χ3n) is 7.60. The predicted molar refractivity (Wildman–Crippen MR) is 119 cm³/mol. The molecule has 1 aromatic carbocycles. The van der Waals surface area contributed by atoms with Gasteiger partial charge in [0.15, 0.2) is 0 Å². The van der Waals surface area contributed by atoms with Crippen LogP contribution in [0.25, 0.3) is 0 Å². The van der Waals surface area contributed by atoms with E-state index in [2.05, 4.69) is 33.4 Å². The fourth-order valence-electron chi connectivity index (χ4n) is 5.68. The molecule has 1 saturated heterocycles. The van der Waals surface area contributed by atoms with E-state index in [-0.39, 0.29) is 11.9 Å². The Labute approximate surface area is 184 Å². The number of nitrogens with zero attached hydrogens (tertiary/aromatic N) is 2. The van der Waals surface area contributed by atoms with Gasteiger partial charge in [-0.2, -0.15) is 0 Å². The largest absolute Gasteiger partial charge is 0.492 e. The van der Waals surface area contributed by atoms with Crippen molar-refractivity contribution in [3.63, 3.8) is 0 Å². The predicted octanol–water partition coefficient (Wildman–Crippen LogP) is 3.75. The Kier molecular flexibility index (Phi) is 4.94. The van der Waals surface area contributed by atoms with Crippen molar-refractivity contribution < 1.29 is 9.53 Å². The summed E-state index contributed by atoms with van der Waals surface area (Å²) in [7, 11) is 0. The van der Waals surface area contributed by atoms with Gasteiger partial charge in [0, 0.05) is 25.2 Å². The molecule has 5 nitrogen and oxygen atoms in total. The quantitative estimate of drug-likeness (QED) is 0.746. The minimum atomic E-state index is -0.0973. The Morgan fingerprint density at radius 2 is 2.00 bits per heavy atom. The van der Waals surface area contributed by atoms with Gasteiger partial charge in [0.25, 0.3) is 5.91 Å². The summed E-state index contributed by atoms with van der Waals surface area (Å²) in [5, 5.41) is 3.18. The first-order valence-electron chi connectivity index (χ1n) is 11.9. The normalized spacial score (nSPS) is 26.8. The summed E-state index contributed by atoms with van der Waals surface area (Å²) in [4.78, 5) is 19.7. The van der Waals surface area contributed by atoms with Crippen molar-refractivity contribution in [1.29, 1.82) is 0 Å². The third-order valence-corrected chi connectivity index (χ3v) is 7.60. The lowest BCUT2D eigenvalue weighted by molar-refractivity contribution is 0.0933.